The van der Waals surface area contributed by atoms with Crippen molar-refractivity contribution in [3.63, 3.8) is 0 Å². The topological polar surface area (TPSA) is 116 Å². The van der Waals surface area contributed by atoms with Gasteiger partial charge in [0.1, 0.15) is 0 Å². The van der Waals surface area contributed by atoms with Crippen LogP contribution in [0, 0.1) is 13.8 Å². The molecule has 0 bridgehead atoms. The van der Waals surface area contributed by atoms with E-state index in [4.69, 9.17) is 29.9 Å². The van der Waals surface area contributed by atoms with E-state index < -0.39 is 0 Å². The Kier molecular flexibility index (Phi) is 22.2. The number of fused-ring (bicyclic) bond motifs is 13. The van der Waals surface area contributed by atoms with Gasteiger partial charge in [-0.2, -0.15) is 0 Å². The fourth-order valence-electron chi connectivity index (χ4n) is 22.7. The molecule has 1 aliphatic carbocycles. The molecule has 0 N–H and O–H groups in total. The van der Waals surface area contributed by atoms with Gasteiger partial charge >= 0.3 is 0 Å². The molecule has 9 heteroatoms. The first-order chi connectivity index (χ1) is 72.5. The molecule has 0 spiro atoms. The zero-order chi connectivity index (χ0) is 98.2. The van der Waals surface area contributed by atoms with Gasteiger partial charge in [0.25, 0.3) is 0 Å². The van der Waals surface area contributed by atoms with Gasteiger partial charge in [0, 0.05) is 92.7 Å². The van der Waals surface area contributed by atoms with E-state index in [1.54, 1.807) is 0 Å². The van der Waals surface area contributed by atoms with E-state index in [9.17, 15) is 0 Å². The standard InChI is InChI=1S/C49H31N3.C48H33N3.C41H29N3/c1-2-13-33(14-3-1)48-49(52-45-23-11-10-22-44(45)51-48)34-26-24-32(25-27-34)36-28-29-43(38-17-5-4-16-37(36)38)47-41-20-8-6-18-39(41)46(35-15-12-30-50-31-35)40-19-7-9-21-42(40)47;1-48(2)40-27-31(44-36-16-6-8-18-38(36)45(33-15-12-26-49-29-33)39-19-9-7-17-37(39)44)22-24-34(40)35-25-23-32(28-41(35)48)47-46(30-13-4-3-5-14-30)50-42-20-10-11-21-43(42)51-47;1-26-24-35(41-40(28-13-4-3-5-14-28)43-36-20-10-11-21-37(36)44-41)27(2)23-34(26)39-32-18-8-6-16-30(32)38(29-15-12-22-42-25-29)31-17-7-9-19-33(31)39/h1-31H;3-29H,1-2H3;3-25H,1-2H3. The number of nitrogens with zero attached hydrogens (tertiary/aromatic N) is 9. The number of pyridine rings is 3. The Morgan fingerprint density at radius 3 is 0.741 bits per heavy atom. The van der Waals surface area contributed by atoms with Gasteiger partial charge in [-0.1, -0.05) is 396 Å². The van der Waals surface area contributed by atoms with E-state index in [2.05, 4.69) is 388 Å². The molecule has 28 rings (SSSR count). The Labute approximate surface area is 851 Å². The van der Waals surface area contributed by atoms with Crippen LogP contribution in [0.25, 0.3) is 265 Å². The van der Waals surface area contributed by atoms with Crippen LogP contribution in [-0.2, 0) is 5.41 Å². The summed E-state index contributed by atoms with van der Waals surface area (Å²) >= 11 is 0. The molecular weight excluding hydrogens is 1780 g/mol. The Balaban J connectivity index is 0.000000112. The molecule has 0 atom stereocenters. The van der Waals surface area contributed by atoms with E-state index in [0.717, 1.165) is 128 Å². The van der Waals surface area contributed by atoms with Gasteiger partial charge in [0.15, 0.2) is 0 Å². The molecule has 6 heterocycles. The van der Waals surface area contributed by atoms with Crippen LogP contribution in [-0.4, -0.2) is 44.9 Å². The zero-order valence-electron chi connectivity index (χ0n) is 81.3. The average Bonchev–Trinajstić information content (AvgIpc) is 1.64. The van der Waals surface area contributed by atoms with Crippen molar-refractivity contribution in [3.8, 4) is 157 Å². The number of para-hydroxylation sites is 6. The molecule has 0 fully saturated rings. The minimum Gasteiger partial charge on any atom is -0.264 e. The van der Waals surface area contributed by atoms with Gasteiger partial charge in [0.2, 0.25) is 0 Å². The van der Waals surface area contributed by atoms with E-state index in [1.165, 1.54) is 159 Å². The van der Waals surface area contributed by atoms with Crippen LogP contribution in [0.5, 0.6) is 0 Å². The number of hydrogen-bond acceptors (Lipinski definition) is 9. The largest absolute Gasteiger partial charge is 0.264 e. The second kappa shape index (κ2) is 37.1. The van der Waals surface area contributed by atoms with E-state index in [0.29, 0.717) is 0 Å². The quantitative estimate of drug-likeness (QED) is 0.104. The highest BCUT2D eigenvalue weighted by molar-refractivity contribution is 6.26. The maximum atomic E-state index is 5.22. The second-order valence-electron chi connectivity index (χ2n) is 38.5. The maximum absolute atomic E-state index is 5.22. The fourth-order valence-corrected chi connectivity index (χ4v) is 22.7. The van der Waals surface area contributed by atoms with Crippen LogP contribution in [0.2, 0.25) is 0 Å². The normalized spacial score (nSPS) is 12.0. The molecular formula is C138H93N9. The lowest BCUT2D eigenvalue weighted by atomic mass is 9.80. The Morgan fingerprint density at radius 2 is 0.388 bits per heavy atom. The average molecular weight is 1880 g/mol. The van der Waals surface area contributed by atoms with Crippen LogP contribution >= 0.6 is 0 Å². The van der Waals surface area contributed by atoms with Gasteiger partial charge in [-0.05, 0) is 257 Å². The second-order valence-corrected chi connectivity index (χ2v) is 38.5. The summed E-state index contributed by atoms with van der Waals surface area (Å²) in [5.41, 5.74) is 41.3. The van der Waals surface area contributed by atoms with Crippen molar-refractivity contribution < 1.29 is 0 Å². The summed E-state index contributed by atoms with van der Waals surface area (Å²) in [6.07, 6.45) is 11.4. The predicted octanol–water partition coefficient (Wildman–Crippen LogP) is 35.7. The van der Waals surface area contributed by atoms with Crippen molar-refractivity contribution in [2.24, 2.45) is 0 Å². The third kappa shape index (κ3) is 15.6. The zero-order valence-corrected chi connectivity index (χ0v) is 81.3. The smallest absolute Gasteiger partial charge is 0.0975 e. The maximum Gasteiger partial charge on any atom is 0.0975 e. The molecule has 0 aliphatic heterocycles. The van der Waals surface area contributed by atoms with Gasteiger partial charge in [-0.3, -0.25) is 15.0 Å². The Hall–Kier alpha value is -19.1. The lowest BCUT2D eigenvalue weighted by Gasteiger charge is -2.23. The van der Waals surface area contributed by atoms with E-state index in [-0.39, 0.29) is 5.41 Å². The highest BCUT2D eigenvalue weighted by atomic mass is 14.9. The van der Waals surface area contributed by atoms with E-state index >= 15 is 0 Å². The summed E-state index contributed by atoms with van der Waals surface area (Å²) in [4.78, 5) is 44.3. The summed E-state index contributed by atoms with van der Waals surface area (Å²) < 4.78 is 0. The minimum absolute atomic E-state index is 0.227. The number of rotatable bonds is 13. The van der Waals surface area contributed by atoms with Gasteiger partial charge in [-0.25, -0.2) is 29.9 Å². The lowest BCUT2D eigenvalue weighted by molar-refractivity contribution is 0.661. The third-order valence-electron chi connectivity index (χ3n) is 29.5. The van der Waals surface area contributed by atoms with Crippen LogP contribution in [0.15, 0.2) is 492 Å². The van der Waals surface area contributed by atoms with Crippen molar-refractivity contribution in [2.75, 3.05) is 0 Å². The number of aromatic nitrogens is 9. The molecule has 6 aromatic heterocycles. The lowest BCUT2D eigenvalue weighted by Crippen LogP contribution is -2.15. The summed E-state index contributed by atoms with van der Waals surface area (Å²) in [6.45, 7) is 9.13. The number of hydrogen-bond donors (Lipinski definition) is 0. The predicted molar refractivity (Wildman–Crippen MR) is 612 cm³/mol. The fraction of sp³-hybridized carbons (Fsp3) is 0.0362. The van der Waals surface area contributed by atoms with Crippen molar-refractivity contribution in [2.45, 2.75) is 33.1 Å². The van der Waals surface area contributed by atoms with Gasteiger partial charge < -0.3 is 0 Å². The molecule has 0 saturated carbocycles. The van der Waals surface area contributed by atoms with Gasteiger partial charge in [0.05, 0.1) is 67.3 Å². The van der Waals surface area contributed by atoms with Crippen molar-refractivity contribution in [1.82, 2.24) is 44.9 Å². The first kappa shape index (κ1) is 88.1. The molecule has 0 unspecified atom stereocenters. The highest BCUT2D eigenvalue weighted by Crippen LogP contribution is 2.55. The first-order valence-electron chi connectivity index (χ1n) is 50.1. The SMILES string of the molecule is CC1(C)c2cc(-c3nc4ccccc4nc3-c3ccccc3)ccc2-c2ccc(-c3c4ccccc4c(-c4cccnc4)c4ccccc34)cc21.Cc1cc(-c2c3ccccc3c(-c3cccnc3)c3ccccc23)c(C)cc1-c1nc2ccccc2nc1-c1ccccc1.c1ccc(-c2nc3ccccc3nc2-c2ccc(-c3ccc(-c4c5ccccc5c(-c5cccnc5)c5ccccc45)c4ccccc34)cc2)cc1. The summed E-state index contributed by atoms with van der Waals surface area (Å²) in [6, 6.07) is 162. The number of aryl methyl sites for hydroxylation is 2. The first-order valence-corrected chi connectivity index (χ1v) is 50.1. The third-order valence-corrected chi connectivity index (χ3v) is 29.5. The molecule has 0 radical (unpaired) electrons. The molecule has 0 amide bonds. The summed E-state index contributed by atoms with van der Waals surface area (Å²) in [5.74, 6) is 0. The molecule has 1 aliphatic rings. The van der Waals surface area contributed by atoms with Crippen molar-refractivity contribution in [3.05, 3.63) is 514 Å². The van der Waals surface area contributed by atoms with Crippen LogP contribution < -0.4 is 0 Å². The molecule has 27 aromatic rings. The van der Waals surface area contributed by atoms with Crippen LogP contribution in [0.4, 0.5) is 0 Å². The number of benzene rings is 21. The van der Waals surface area contributed by atoms with Gasteiger partial charge in [-0.15, -0.1) is 0 Å². The molecule has 21 aromatic carbocycles. The summed E-state index contributed by atoms with van der Waals surface area (Å²) in [5, 5.41) is 17.2. The van der Waals surface area contributed by atoms with Crippen molar-refractivity contribution >= 4 is 109 Å². The Bertz CT molecular complexity index is 9720. The monoisotopic (exact) mass is 1880 g/mol. The van der Waals surface area contributed by atoms with E-state index in [1.807, 2.05) is 146 Å². The summed E-state index contributed by atoms with van der Waals surface area (Å²) in [7, 11) is 0. The van der Waals surface area contributed by atoms with Crippen molar-refractivity contribution in [1.29, 1.82) is 0 Å². The van der Waals surface area contributed by atoms with Crippen LogP contribution in [0.1, 0.15) is 36.1 Å². The minimum atomic E-state index is -0.227. The molecule has 0 saturated heterocycles. The molecule has 690 valence electrons. The molecule has 9 nitrogen and oxygen atoms in total. The molecule has 147 heavy (non-hydrogen) atoms. The Morgan fingerprint density at radius 1 is 0.156 bits per heavy atom. The highest BCUT2D eigenvalue weighted by Gasteiger charge is 2.37. The van der Waals surface area contributed by atoms with Crippen LogP contribution in [0.3, 0.4) is 0 Å².